The van der Waals surface area contributed by atoms with Gasteiger partial charge in [-0.2, -0.15) is 4.99 Å². The molecule has 0 spiro atoms. The molecule has 0 saturated carbocycles. The van der Waals surface area contributed by atoms with Crippen molar-refractivity contribution in [3.8, 4) is 0 Å². The standard InChI is InChI=1S/C22H24F3N3O3S2/c1-3-7-18(31-22(23,24)25)9-4-8-17-15-33-21(28(17)12-6-11-26-16(2)29)27-20(30)14-19-10-5-13-32-19/h3-5,7,9-10,13,15H,1,6,8,11-12,14H2,2H3,(H,26,29)/b9-4-,18-7+,27-21-. The van der Waals surface area contributed by atoms with E-state index in [1.165, 1.54) is 47.8 Å². The Labute approximate surface area is 197 Å². The molecule has 0 aromatic carbocycles. The minimum absolute atomic E-state index is 0.143. The number of rotatable bonds is 11. The summed E-state index contributed by atoms with van der Waals surface area (Å²) in [7, 11) is 0. The van der Waals surface area contributed by atoms with Crippen molar-refractivity contribution in [2.24, 2.45) is 4.99 Å². The van der Waals surface area contributed by atoms with Crippen LogP contribution in [0.2, 0.25) is 0 Å². The van der Waals surface area contributed by atoms with E-state index in [9.17, 15) is 22.8 Å². The lowest BCUT2D eigenvalue weighted by Gasteiger charge is -2.10. The maximum Gasteiger partial charge on any atom is 0.573 e. The molecule has 0 aliphatic rings. The van der Waals surface area contributed by atoms with Crippen LogP contribution < -0.4 is 10.1 Å². The van der Waals surface area contributed by atoms with Crippen LogP contribution in [0.25, 0.3) is 0 Å². The SMILES string of the molecule is C=C/C=C(\C=C/Cc1cs/c(=N\C(=O)Cc2cccs2)n1CCCNC(C)=O)OC(F)(F)F. The van der Waals surface area contributed by atoms with Gasteiger partial charge in [-0.3, -0.25) is 9.59 Å². The molecule has 0 saturated heterocycles. The van der Waals surface area contributed by atoms with E-state index in [2.05, 4.69) is 21.6 Å². The molecule has 2 heterocycles. The first-order valence-electron chi connectivity index (χ1n) is 9.94. The minimum Gasteiger partial charge on any atom is -0.406 e. The molecule has 0 aliphatic carbocycles. The Hall–Kier alpha value is -2.92. The van der Waals surface area contributed by atoms with Crippen LogP contribution in [0.3, 0.4) is 0 Å². The summed E-state index contributed by atoms with van der Waals surface area (Å²) in [6.45, 7) is 5.74. The van der Waals surface area contributed by atoms with Gasteiger partial charge in [-0.1, -0.05) is 24.8 Å². The first-order valence-corrected chi connectivity index (χ1v) is 11.7. The molecular weight excluding hydrogens is 475 g/mol. The first kappa shape index (κ1) is 26.3. The van der Waals surface area contributed by atoms with Crippen molar-refractivity contribution in [1.82, 2.24) is 9.88 Å². The lowest BCUT2D eigenvalue weighted by molar-refractivity contribution is -0.303. The van der Waals surface area contributed by atoms with Crippen LogP contribution in [-0.4, -0.2) is 29.3 Å². The van der Waals surface area contributed by atoms with Gasteiger partial charge < -0.3 is 14.6 Å². The summed E-state index contributed by atoms with van der Waals surface area (Å²) in [5.74, 6) is -0.816. The van der Waals surface area contributed by atoms with E-state index in [1.807, 2.05) is 27.5 Å². The number of carbonyl (C=O) groups excluding carboxylic acids is 2. The highest BCUT2D eigenvalue weighted by atomic mass is 32.1. The Morgan fingerprint density at radius 1 is 1.33 bits per heavy atom. The van der Waals surface area contributed by atoms with Gasteiger partial charge in [0, 0.05) is 42.4 Å². The summed E-state index contributed by atoms with van der Waals surface area (Å²) in [5.41, 5.74) is 0.770. The average molecular weight is 500 g/mol. The van der Waals surface area contributed by atoms with Crippen LogP contribution in [0, 0.1) is 0 Å². The van der Waals surface area contributed by atoms with Gasteiger partial charge in [0.2, 0.25) is 5.91 Å². The normalized spacial score (nSPS) is 12.8. The van der Waals surface area contributed by atoms with Crippen molar-refractivity contribution in [1.29, 1.82) is 0 Å². The summed E-state index contributed by atoms with van der Waals surface area (Å²) < 4.78 is 43.4. The molecule has 0 fully saturated rings. The molecule has 0 radical (unpaired) electrons. The molecule has 2 aromatic heterocycles. The molecule has 2 amide bonds. The van der Waals surface area contributed by atoms with Crippen LogP contribution >= 0.6 is 22.7 Å². The van der Waals surface area contributed by atoms with Crippen molar-refractivity contribution in [3.05, 3.63) is 74.9 Å². The molecule has 1 N–H and O–H groups in total. The number of thiophene rings is 1. The number of carbonyl (C=O) groups is 2. The third kappa shape index (κ3) is 10.0. The summed E-state index contributed by atoms with van der Waals surface area (Å²) >= 11 is 2.75. The highest BCUT2D eigenvalue weighted by Gasteiger charge is 2.31. The van der Waals surface area contributed by atoms with Crippen molar-refractivity contribution in [3.63, 3.8) is 0 Å². The predicted molar refractivity (Wildman–Crippen MR) is 122 cm³/mol. The zero-order chi connectivity index (χ0) is 24.3. The molecule has 0 bridgehead atoms. The van der Waals surface area contributed by atoms with Gasteiger partial charge in [0.15, 0.2) is 4.80 Å². The number of hydrogen-bond acceptors (Lipinski definition) is 5. The van der Waals surface area contributed by atoms with Crippen LogP contribution in [0.4, 0.5) is 13.2 Å². The fraction of sp³-hybridized carbons (Fsp3) is 0.318. The number of ether oxygens (including phenoxy) is 1. The van der Waals surface area contributed by atoms with E-state index in [4.69, 9.17) is 0 Å². The van der Waals surface area contributed by atoms with Crippen molar-refractivity contribution < 1.29 is 27.5 Å². The molecule has 33 heavy (non-hydrogen) atoms. The van der Waals surface area contributed by atoms with Crippen molar-refractivity contribution >= 4 is 34.5 Å². The highest BCUT2D eigenvalue weighted by molar-refractivity contribution is 7.10. The van der Waals surface area contributed by atoms with Gasteiger partial charge in [0.05, 0.1) is 6.42 Å². The molecule has 0 atom stereocenters. The second kappa shape index (κ2) is 12.9. The number of alkyl halides is 3. The zero-order valence-corrected chi connectivity index (χ0v) is 19.6. The first-order chi connectivity index (χ1) is 15.7. The molecule has 178 valence electrons. The van der Waals surface area contributed by atoms with E-state index < -0.39 is 6.36 Å². The van der Waals surface area contributed by atoms with Gasteiger partial charge in [-0.05, 0) is 30.0 Å². The second-order valence-corrected chi connectivity index (χ2v) is 8.59. The summed E-state index contributed by atoms with van der Waals surface area (Å²) in [4.78, 5) is 29.1. The smallest absolute Gasteiger partial charge is 0.406 e. The van der Waals surface area contributed by atoms with Crippen LogP contribution in [0.1, 0.15) is 23.9 Å². The number of thiazole rings is 1. The van der Waals surface area contributed by atoms with E-state index in [-0.39, 0.29) is 24.0 Å². The van der Waals surface area contributed by atoms with Crippen LogP contribution in [0.15, 0.2) is 64.5 Å². The van der Waals surface area contributed by atoms with Crippen LogP contribution in [-0.2, 0) is 33.7 Å². The number of nitrogens with one attached hydrogen (secondary N) is 1. The van der Waals surface area contributed by atoms with Gasteiger partial charge in [-0.15, -0.1) is 35.8 Å². The van der Waals surface area contributed by atoms with Gasteiger partial charge >= 0.3 is 6.36 Å². The third-order valence-corrected chi connectivity index (χ3v) is 5.85. The van der Waals surface area contributed by atoms with Gasteiger partial charge in [0.1, 0.15) is 5.76 Å². The maximum absolute atomic E-state index is 12.5. The largest absolute Gasteiger partial charge is 0.573 e. The molecule has 0 aliphatic heterocycles. The summed E-state index contributed by atoms with van der Waals surface area (Å²) in [5, 5.41) is 6.41. The maximum atomic E-state index is 12.5. The summed E-state index contributed by atoms with van der Waals surface area (Å²) in [6.07, 6.45) is 1.34. The quantitative estimate of drug-likeness (QED) is 0.281. The van der Waals surface area contributed by atoms with Gasteiger partial charge in [-0.25, -0.2) is 0 Å². The molecule has 2 rings (SSSR count). The highest BCUT2D eigenvalue weighted by Crippen LogP contribution is 2.21. The van der Waals surface area contributed by atoms with E-state index in [0.29, 0.717) is 30.7 Å². The monoisotopic (exact) mass is 499 g/mol. The Morgan fingerprint density at radius 2 is 2.12 bits per heavy atom. The summed E-state index contributed by atoms with van der Waals surface area (Å²) in [6, 6.07) is 3.73. The van der Waals surface area contributed by atoms with Crippen LogP contribution in [0.5, 0.6) is 0 Å². The number of aromatic nitrogens is 1. The average Bonchev–Trinajstić information content (AvgIpc) is 3.34. The number of hydrogen-bond donors (Lipinski definition) is 1. The molecule has 0 unspecified atom stereocenters. The topological polar surface area (TPSA) is 72.7 Å². The Balaban J connectivity index is 2.20. The Kier molecular flexibility index (Phi) is 10.3. The van der Waals surface area contributed by atoms with E-state index in [0.717, 1.165) is 16.6 Å². The van der Waals surface area contributed by atoms with Gasteiger partial charge in [0.25, 0.3) is 5.91 Å². The molecule has 6 nitrogen and oxygen atoms in total. The number of allylic oxidation sites excluding steroid dienone is 4. The second-order valence-electron chi connectivity index (χ2n) is 6.72. The zero-order valence-electron chi connectivity index (χ0n) is 17.9. The van der Waals surface area contributed by atoms with E-state index >= 15 is 0 Å². The Bertz CT molecular complexity index is 1060. The fourth-order valence-corrected chi connectivity index (χ4v) is 4.39. The molecule has 2 aromatic rings. The lowest BCUT2D eigenvalue weighted by Crippen LogP contribution is -2.25. The third-order valence-electron chi connectivity index (χ3n) is 4.06. The predicted octanol–water partition coefficient (Wildman–Crippen LogP) is 4.51. The fourth-order valence-electron chi connectivity index (χ4n) is 2.73. The number of nitrogens with zero attached hydrogens (tertiary/aromatic N) is 2. The lowest BCUT2D eigenvalue weighted by atomic mass is 10.2. The molecule has 11 heteroatoms. The number of amides is 2. The van der Waals surface area contributed by atoms with E-state index in [1.54, 1.807) is 0 Å². The minimum atomic E-state index is -4.81. The molecular formula is C22H24F3N3O3S2. The Morgan fingerprint density at radius 3 is 2.76 bits per heavy atom. The van der Waals surface area contributed by atoms with Crippen molar-refractivity contribution in [2.45, 2.75) is 39.1 Å². The number of halogens is 3. The van der Waals surface area contributed by atoms with Crippen molar-refractivity contribution in [2.75, 3.05) is 6.54 Å².